The number of ketones is 1. The number of aliphatic hydroxyl groups is 1. The van der Waals surface area contributed by atoms with Crippen molar-refractivity contribution in [2.75, 3.05) is 0 Å². The van der Waals surface area contributed by atoms with Gasteiger partial charge in [0.1, 0.15) is 12.1 Å². The van der Waals surface area contributed by atoms with Gasteiger partial charge in [0, 0.05) is 59.7 Å². The van der Waals surface area contributed by atoms with Gasteiger partial charge in [-0.1, -0.05) is 88.9 Å². The Morgan fingerprint density at radius 3 is 2.22 bits per heavy atom. The van der Waals surface area contributed by atoms with Crippen molar-refractivity contribution < 1.29 is 34.4 Å². The topological polar surface area (TPSA) is 89.1 Å². The molecule has 6 nitrogen and oxygen atoms in total. The molecule has 0 spiro atoms. The Morgan fingerprint density at radius 1 is 0.822 bits per heavy atom. The van der Waals surface area contributed by atoms with Gasteiger partial charge in [0.15, 0.2) is 5.78 Å². The molecule has 0 saturated heterocycles. The number of rotatable bonds is 8. The van der Waals surface area contributed by atoms with Crippen molar-refractivity contribution >= 4 is 49.5 Å². The van der Waals surface area contributed by atoms with Gasteiger partial charge < -0.3 is 9.52 Å². The molecule has 0 amide bonds. The first-order valence-corrected chi connectivity index (χ1v) is 15.5. The van der Waals surface area contributed by atoms with Gasteiger partial charge in [0.05, 0.1) is 11.1 Å². The second-order valence-electron chi connectivity index (χ2n) is 11.9. The summed E-state index contributed by atoms with van der Waals surface area (Å²) in [4.78, 5) is 25.7. The van der Waals surface area contributed by atoms with Gasteiger partial charge in [-0.15, -0.1) is 18.2 Å². The van der Waals surface area contributed by atoms with Crippen LogP contribution >= 0.6 is 0 Å². The predicted octanol–water partition coefficient (Wildman–Crippen LogP) is 10.2. The van der Waals surface area contributed by atoms with Crippen LogP contribution in [0.2, 0.25) is 0 Å². The molecule has 45 heavy (non-hydrogen) atoms. The molecule has 0 aliphatic rings. The van der Waals surface area contributed by atoms with E-state index < -0.39 is 0 Å². The fraction of sp³-hybridized carbons (Fsp3) is 0.316. The van der Waals surface area contributed by atoms with E-state index in [0.29, 0.717) is 5.71 Å². The van der Waals surface area contributed by atoms with Crippen LogP contribution in [0.25, 0.3) is 55.0 Å². The molecule has 3 heterocycles. The summed E-state index contributed by atoms with van der Waals surface area (Å²) >= 11 is 0. The average molecular weight is 779 g/mol. The Bertz CT molecular complexity index is 1990. The van der Waals surface area contributed by atoms with E-state index in [2.05, 4.69) is 45.3 Å². The first kappa shape index (κ1) is 34.0. The van der Waals surface area contributed by atoms with Gasteiger partial charge >= 0.3 is 0 Å². The number of hydrogen-bond acceptors (Lipinski definition) is 6. The maximum absolute atomic E-state index is 12.2. The van der Waals surface area contributed by atoms with Gasteiger partial charge in [-0.3, -0.25) is 9.78 Å². The molecule has 1 N–H and O–H groups in total. The number of nitrogens with zero attached hydrogens (tertiary/aromatic N) is 3. The second-order valence-corrected chi connectivity index (χ2v) is 11.9. The van der Waals surface area contributed by atoms with Crippen LogP contribution in [0.5, 0.6) is 0 Å². The maximum Gasteiger partial charge on any atom is 0.216 e. The minimum Gasteiger partial charge on any atom is -0.512 e. The summed E-state index contributed by atoms with van der Waals surface area (Å²) < 4.78 is 6.07. The smallest absolute Gasteiger partial charge is 0.216 e. The number of aromatic nitrogens is 3. The summed E-state index contributed by atoms with van der Waals surface area (Å²) in [5.41, 5.74) is 3.34. The number of fused-ring (bicyclic) bond motifs is 6. The molecule has 0 unspecified atom stereocenters. The van der Waals surface area contributed by atoms with Crippen LogP contribution < -0.4 is 0 Å². The Hall–Kier alpha value is -3.93. The standard InChI is InChI=1S/C23H12N3O.C15H28O2.Ir/c1-2-6-15-14(5-1)10-11-18-20(15)25-13-26-21(18)19-8-3-7-16-17-9-4-12-24-23(17)27-22(16)19;1-7-14(5,8-2)12(16)11-13(17)15(6,9-3)10-4;/h1-7,9-13H;11,16H,7-10H2,1-6H3;/q-1;;/b;12-11-;. The number of pyridine rings is 1. The van der Waals surface area contributed by atoms with E-state index in [-0.39, 0.29) is 42.5 Å². The molecule has 0 fully saturated rings. The van der Waals surface area contributed by atoms with Gasteiger partial charge in [0.25, 0.3) is 0 Å². The SMILES string of the molecule is CCC(C)(CC)C(=O)/C=C(\O)C(C)(CC)CC.[Ir].[c-]1ccc2c(oc3ncccc32)c1-c1ncnc2c1ccc1ccccc12. The van der Waals surface area contributed by atoms with Crippen molar-refractivity contribution in [1.82, 2.24) is 15.0 Å². The van der Waals surface area contributed by atoms with Crippen molar-refractivity contribution in [2.45, 2.75) is 67.2 Å². The summed E-state index contributed by atoms with van der Waals surface area (Å²) in [6, 6.07) is 23.6. The Morgan fingerprint density at radius 2 is 1.51 bits per heavy atom. The first-order chi connectivity index (χ1) is 21.2. The zero-order valence-corrected chi connectivity index (χ0v) is 29.2. The Labute approximate surface area is 278 Å². The summed E-state index contributed by atoms with van der Waals surface area (Å²) in [5, 5.41) is 15.4. The van der Waals surface area contributed by atoms with E-state index in [0.717, 1.165) is 75.0 Å². The van der Waals surface area contributed by atoms with Crippen LogP contribution in [-0.2, 0) is 24.9 Å². The third-order valence-corrected chi connectivity index (χ3v) is 9.58. The van der Waals surface area contributed by atoms with Gasteiger partial charge in [-0.25, -0.2) is 9.97 Å². The van der Waals surface area contributed by atoms with Crippen molar-refractivity contribution in [3.8, 4) is 11.3 Å². The second kappa shape index (κ2) is 14.0. The molecule has 3 aromatic heterocycles. The van der Waals surface area contributed by atoms with Crippen molar-refractivity contribution in [3.05, 3.63) is 91.1 Å². The van der Waals surface area contributed by atoms with Crippen molar-refractivity contribution in [2.24, 2.45) is 10.8 Å². The molecule has 6 aromatic rings. The van der Waals surface area contributed by atoms with Gasteiger partial charge in [0.2, 0.25) is 5.71 Å². The average Bonchev–Trinajstić information content (AvgIpc) is 3.46. The number of carbonyl (C=O) groups excluding carboxylic acids is 1. The molecular weight excluding hydrogens is 739 g/mol. The van der Waals surface area contributed by atoms with E-state index >= 15 is 0 Å². The molecule has 0 atom stereocenters. The van der Waals surface area contributed by atoms with Crippen LogP contribution in [0.15, 0.2) is 89.4 Å². The van der Waals surface area contributed by atoms with Gasteiger partial charge in [-0.2, -0.15) is 0 Å². The van der Waals surface area contributed by atoms with E-state index in [1.54, 1.807) is 12.5 Å². The maximum atomic E-state index is 12.2. The number of aliphatic hydroxyl groups excluding tert-OH is 1. The van der Waals surface area contributed by atoms with E-state index in [9.17, 15) is 9.90 Å². The van der Waals surface area contributed by atoms with E-state index in [1.165, 1.54) is 6.08 Å². The normalized spacial score (nSPS) is 12.3. The quantitative estimate of drug-likeness (QED) is 0.0717. The summed E-state index contributed by atoms with van der Waals surface area (Å²) in [6.07, 6.45) is 8.10. The predicted molar refractivity (Wildman–Crippen MR) is 179 cm³/mol. The number of benzene rings is 3. The van der Waals surface area contributed by atoms with E-state index in [4.69, 9.17) is 4.42 Å². The van der Waals surface area contributed by atoms with E-state index in [1.807, 2.05) is 77.9 Å². The Kier molecular flexibility index (Phi) is 10.6. The van der Waals surface area contributed by atoms with Gasteiger partial charge in [-0.05, 0) is 48.6 Å². The molecular formula is C38H40IrN3O3-. The van der Waals surface area contributed by atoms with Crippen LogP contribution in [0.1, 0.15) is 67.2 Å². The number of carbonyl (C=O) groups is 1. The third kappa shape index (κ3) is 6.43. The third-order valence-electron chi connectivity index (χ3n) is 9.58. The largest absolute Gasteiger partial charge is 0.512 e. The number of furan rings is 1. The number of allylic oxidation sites excluding steroid dienone is 2. The van der Waals surface area contributed by atoms with Crippen LogP contribution in [0, 0.1) is 16.9 Å². The van der Waals surface area contributed by atoms with Crippen molar-refractivity contribution in [3.63, 3.8) is 0 Å². The van der Waals surface area contributed by atoms with Crippen LogP contribution in [0.3, 0.4) is 0 Å². The minimum atomic E-state index is -0.337. The molecule has 0 aliphatic heterocycles. The molecule has 1 radical (unpaired) electrons. The molecule has 0 saturated carbocycles. The number of hydrogen-bond donors (Lipinski definition) is 1. The molecule has 0 aliphatic carbocycles. The molecule has 3 aromatic carbocycles. The zero-order valence-electron chi connectivity index (χ0n) is 26.8. The monoisotopic (exact) mass is 779 g/mol. The molecule has 7 heteroatoms. The Balaban J connectivity index is 0.000000226. The van der Waals surface area contributed by atoms with Crippen molar-refractivity contribution in [1.29, 1.82) is 0 Å². The minimum absolute atomic E-state index is 0. The summed E-state index contributed by atoms with van der Waals surface area (Å²) in [6.45, 7) is 12.1. The van der Waals surface area contributed by atoms with Crippen LogP contribution in [0.4, 0.5) is 0 Å². The van der Waals surface area contributed by atoms with Crippen LogP contribution in [-0.4, -0.2) is 25.8 Å². The summed E-state index contributed by atoms with van der Waals surface area (Å²) in [7, 11) is 0. The molecule has 0 bridgehead atoms. The molecule has 235 valence electrons. The molecule has 6 rings (SSSR count). The summed E-state index contributed by atoms with van der Waals surface area (Å²) in [5.74, 6) is 0.286. The fourth-order valence-corrected chi connectivity index (χ4v) is 5.43. The fourth-order valence-electron chi connectivity index (χ4n) is 5.43. The zero-order chi connectivity index (χ0) is 31.5. The first-order valence-electron chi connectivity index (χ1n) is 15.5.